The molecule has 2 rings (SSSR count). The second-order valence-electron chi connectivity index (χ2n) is 4.20. The number of nitrogens with one attached hydrogen (secondary N) is 1. The van der Waals surface area contributed by atoms with Gasteiger partial charge in [-0.3, -0.25) is 4.79 Å². The lowest BCUT2D eigenvalue weighted by molar-refractivity contribution is -0.120. The third-order valence-corrected chi connectivity index (χ3v) is 2.60. The van der Waals surface area contributed by atoms with Gasteiger partial charge in [-0.25, -0.2) is 5.43 Å². The van der Waals surface area contributed by atoms with Crippen molar-refractivity contribution in [2.45, 2.75) is 6.42 Å². The minimum Gasteiger partial charge on any atom is -0.508 e. The average molecular weight is 270 g/mol. The van der Waals surface area contributed by atoms with Gasteiger partial charge in [0, 0.05) is 5.56 Å². The van der Waals surface area contributed by atoms with Crippen molar-refractivity contribution in [2.75, 3.05) is 0 Å². The summed E-state index contributed by atoms with van der Waals surface area (Å²) in [5, 5.41) is 22.6. The Balaban J connectivity index is 1.91. The quantitative estimate of drug-likeness (QED) is 0.585. The van der Waals surface area contributed by atoms with Crippen LogP contribution in [0.4, 0.5) is 0 Å². The maximum absolute atomic E-state index is 11.6. The fraction of sp³-hybridized carbons (Fsp3) is 0.0667. The topological polar surface area (TPSA) is 81.9 Å². The van der Waals surface area contributed by atoms with Gasteiger partial charge >= 0.3 is 0 Å². The first-order valence-electron chi connectivity index (χ1n) is 6.03. The van der Waals surface area contributed by atoms with E-state index in [0.29, 0.717) is 11.1 Å². The Hall–Kier alpha value is -2.82. The number of hydrogen-bond donors (Lipinski definition) is 3. The largest absolute Gasteiger partial charge is 0.508 e. The zero-order valence-electron chi connectivity index (χ0n) is 10.7. The van der Waals surface area contributed by atoms with Crippen molar-refractivity contribution in [2.24, 2.45) is 5.10 Å². The zero-order valence-corrected chi connectivity index (χ0v) is 10.7. The highest BCUT2D eigenvalue weighted by atomic mass is 16.3. The second-order valence-corrected chi connectivity index (χ2v) is 4.20. The number of carbonyl (C=O) groups is 1. The lowest BCUT2D eigenvalue weighted by Crippen LogP contribution is -2.19. The first-order valence-corrected chi connectivity index (χ1v) is 6.03. The van der Waals surface area contributed by atoms with Crippen molar-refractivity contribution in [3.8, 4) is 11.5 Å². The van der Waals surface area contributed by atoms with Crippen LogP contribution in [-0.4, -0.2) is 22.3 Å². The van der Waals surface area contributed by atoms with Crippen LogP contribution in [0, 0.1) is 0 Å². The number of phenols is 2. The molecule has 0 saturated carbocycles. The molecule has 5 nitrogen and oxygen atoms in total. The summed E-state index contributed by atoms with van der Waals surface area (Å²) in [7, 11) is 0. The molecule has 0 unspecified atom stereocenters. The molecule has 0 aromatic heterocycles. The molecule has 0 spiro atoms. The van der Waals surface area contributed by atoms with Crippen LogP contribution in [0.2, 0.25) is 0 Å². The van der Waals surface area contributed by atoms with Crippen LogP contribution < -0.4 is 5.43 Å². The minimum atomic E-state index is -0.303. The van der Waals surface area contributed by atoms with Crippen LogP contribution >= 0.6 is 0 Å². The summed E-state index contributed by atoms with van der Waals surface area (Å²) in [5.41, 5.74) is 3.58. The summed E-state index contributed by atoms with van der Waals surface area (Å²) >= 11 is 0. The predicted octanol–water partition coefficient (Wildman–Crippen LogP) is 1.79. The Labute approximate surface area is 116 Å². The monoisotopic (exact) mass is 270 g/mol. The molecule has 1 amide bonds. The molecule has 0 fully saturated rings. The predicted molar refractivity (Wildman–Crippen MR) is 75.7 cm³/mol. The van der Waals surface area contributed by atoms with Gasteiger partial charge in [-0.05, 0) is 29.8 Å². The van der Waals surface area contributed by atoms with Crippen molar-refractivity contribution in [1.82, 2.24) is 5.43 Å². The second kappa shape index (κ2) is 6.38. The highest BCUT2D eigenvalue weighted by Crippen LogP contribution is 2.13. The fourth-order valence-corrected chi connectivity index (χ4v) is 1.66. The van der Waals surface area contributed by atoms with Crippen molar-refractivity contribution >= 4 is 12.1 Å². The molecule has 0 aliphatic heterocycles. The van der Waals surface area contributed by atoms with E-state index in [9.17, 15) is 15.0 Å². The Morgan fingerprint density at radius 1 is 1.15 bits per heavy atom. The summed E-state index contributed by atoms with van der Waals surface area (Å²) in [6.07, 6.45) is 1.49. The van der Waals surface area contributed by atoms with Crippen molar-refractivity contribution in [3.63, 3.8) is 0 Å². The highest BCUT2D eigenvalue weighted by molar-refractivity contribution is 5.85. The Morgan fingerprint density at radius 2 is 1.95 bits per heavy atom. The summed E-state index contributed by atoms with van der Waals surface area (Å²) in [6, 6.07) is 13.2. The number of hydrazone groups is 1. The number of amides is 1. The van der Waals surface area contributed by atoms with Gasteiger partial charge < -0.3 is 10.2 Å². The van der Waals surface area contributed by atoms with Crippen molar-refractivity contribution in [3.05, 3.63) is 59.7 Å². The van der Waals surface area contributed by atoms with Gasteiger partial charge in [0.2, 0.25) is 5.91 Å². The molecule has 0 saturated heterocycles. The molecule has 3 N–H and O–H groups in total. The van der Waals surface area contributed by atoms with Gasteiger partial charge in [-0.1, -0.05) is 24.3 Å². The normalized spacial score (nSPS) is 10.6. The Kier molecular flexibility index (Phi) is 4.34. The van der Waals surface area contributed by atoms with E-state index in [1.165, 1.54) is 24.4 Å². The smallest absolute Gasteiger partial charge is 0.244 e. The highest BCUT2D eigenvalue weighted by Gasteiger charge is 2.02. The third kappa shape index (κ3) is 3.84. The standard InChI is InChI=1S/C15H14N2O3/c18-13-6-3-4-11(8-13)9-15(20)17-16-10-12-5-1-2-7-14(12)19/h1-8,10,18-19H,9H2,(H,17,20). The van der Waals surface area contributed by atoms with Crippen molar-refractivity contribution < 1.29 is 15.0 Å². The minimum absolute atomic E-state index is 0.0958. The number of rotatable bonds is 4. The van der Waals surface area contributed by atoms with E-state index in [1.54, 1.807) is 30.3 Å². The first-order chi connectivity index (χ1) is 9.65. The zero-order chi connectivity index (χ0) is 14.4. The summed E-state index contributed by atoms with van der Waals surface area (Å²) in [5.74, 6) is -0.0891. The van der Waals surface area contributed by atoms with E-state index < -0.39 is 0 Å². The molecule has 0 radical (unpaired) electrons. The van der Waals surface area contributed by atoms with Crippen LogP contribution in [-0.2, 0) is 11.2 Å². The number of nitrogens with zero attached hydrogens (tertiary/aromatic N) is 1. The van der Waals surface area contributed by atoms with E-state index in [0.717, 1.165) is 0 Å². The van der Waals surface area contributed by atoms with Gasteiger partial charge in [-0.15, -0.1) is 0 Å². The number of para-hydroxylation sites is 1. The molecule has 0 bridgehead atoms. The molecule has 5 heteroatoms. The number of aromatic hydroxyl groups is 2. The van der Waals surface area contributed by atoms with Crippen LogP contribution in [0.1, 0.15) is 11.1 Å². The summed E-state index contributed by atoms with van der Waals surface area (Å²) in [6.45, 7) is 0. The lowest BCUT2D eigenvalue weighted by atomic mass is 10.1. The lowest BCUT2D eigenvalue weighted by Gasteiger charge is -2.01. The number of hydrogen-bond acceptors (Lipinski definition) is 4. The molecule has 0 aliphatic rings. The van der Waals surface area contributed by atoms with Crippen molar-refractivity contribution in [1.29, 1.82) is 0 Å². The molecule has 102 valence electrons. The van der Waals surface area contributed by atoms with E-state index in [2.05, 4.69) is 10.5 Å². The van der Waals surface area contributed by atoms with Gasteiger partial charge in [0.1, 0.15) is 11.5 Å². The van der Waals surface area contributed by atoms with E-state index in [4.69, 9.17) is 0 Å². The fourth-order valence-electron chi connectivity index (χ4n) is 1.66. The number of carbonyl (C=O) groups excluding carboxylic acids is 1. The summed E-state index contributed by atoms with van der Waals surface area (Å²) < 4.78 is 0. The number of phenolic OH excluding ortho intramolecular Hbond substituents is 2. The number of benzene rings is 2. The average Bonchev–Trinajstić information content (AvgIpc) is 2.41. The molecular formula is C15H14N2O3. The molecular weight excluding hydrogens is 256 g/mol. The van der Waals surface area contributed by atoms with E-state index in [1.807, 2.05) is 0 Å². The van der Waals surface area contributed by atoms with Crippen LogP contribution in [0.15, 0.2) is 53.6 Å². The molecule has 2 aromatic rings. The first kappa shape index (κ1) is 13.6. The maximum atomic E-state index is 11.6. The van der Waals surface area contributed by atoms with E-state index in [-0.39, 0.29) is 23.8 Å². The van der Waals surface area contributed by atoms with Crippen LogP contribution in [0.3, 0.4) is 0 Å². The van der Waals surface area contributed by atoms with Crippen LogP contribution in [0.5, 0.6) is 11.5 Å². The van der Waals surface area contributed by atoms with Gasteiger partial charge in [-0.2, -0.15) is 5.10 Å². The molecule has 2 aromatic carbocycles. The SMILES string of the molecule is O=C(Cc1cccc(O)c1)NN=Cc1ccccc1O. The Bertz CT molecular complexity index is 639. The molecule has 20 heavy (non-hydrogen) atoms. The summed E-state index contributed by atoms with van der Waals surface area (Å²) in [4.78, 5) is 11.6. The maximum Gasteiger partial charge on any atom is 0.244 e. The van der Waals surface area contributed by atoms with Gasteiger partial charge in [0.05, 0.1) is 12.6 Å². The third-order valence-electron chi connectivity index (χ3n) is 2.60. The van der Waals surface area contributed by atoms with Gasteiger partial charge in [0.25, 0.3) is 0 Å². The molecule has 0 heterocycles. The van der Waals surface area contributed by atoms with Gasteiger partial charge in [0.15, 0.2) is 0 Å². The molecule has 0 aliphatic carbocycles. The molecule has 0 atom stereocenters. The Morgan fingerprint density at radius 3 is 2.70 bits per heavy atom. The van der Waals surface area contributed by atoms with E-state index >= 15 is 0 Å². The van der Waals surface area contributed by atoms with Crippen LogP contribution in [0.25, 0.3) is 0 Å².